The van der Waals surface area contributed by atoms with Crippen LogP contribution in [-0.2, 0) is 15.4 Å². The van der Waals surface area contributed by atoms with Gasteiger partial charge in [-0.15, -0.1) is 24.5 Å². The zero-order valence-electron chi connectivity index (χ0n) is 23.1. The van der Waals surface area contributed by atoms with Gasteiger partial charge in [0.15, 0.2) is 5.01 Å². The van der Waals surface area contributed by atoms with Crippen molar-refractivity contribution in [3.05, 3.63) is 75.8 Å². The third-order valence-corrected chi connectivity index (χ3v) is 7.83. The number of thiazole rings is 1. The van der Waals surface area contributed by atoms with Gasteiger partial charge in [0.05, 0.1) is 28.3 Å². The molecule has 3 aromatic carbocycles. The minimum Gasteiger partial charge on any atom is -0.491 e. The number of sulfonamides is 1. The molecule has 42 heavy (non-hydrogen) atoms. The molecule has 224 valence electrons. The average Bonchev–Trinajstić information content (AvgIpc) is 3.24. The smallest absolute Gasteiger partial charge is 0.491 e. The van der Waals surface area contributed by atoms with Crippen LogP contribution in [0, 0.1) is 0 Å². The van der Waals surface area contributed by atoms with E-state index in [0.717, 1.165) is 17.6 Å². The molecular formula is C28H27ClF3N3O5S2. The molecule has 0 saturated carbocycles. The Morgan fingerprint density at radius 1 is 0.976 bits per heavy atom. The van der Waals surface area contributed by atoms with Crippen LogP contribution in [0.1, 0.15) is 48.6 Å². The van der Waals surface area contributed by atoms with Gasteiger partial charge in [0, 0.05) is 22.2 Å². The molecule has 1 aromatic heterocycles. The largest absolute Gasteiger partial charge is 0.573 e. The van der Waals surface area contributed by atoms with Gasteiger partial charge in [-0.25, -0.2) is 13.4 Å². The summed E-state index contributed by atoms with van der Waals surface area (Å²) in [7, 11) is -3.49. The molecule has 14 heteroatoms. The average molecular weight is 642 g/mol. The van der Waals surface area contributed by atoms with E-state index in [1.54, 1.807) is 58.0 Å². The highest BCUT2D eigenvalue weighted by molar-refractivity contribution is 7.92. The molecule has 0 atom stereocenters. The summed E-state index contributed by atoms with van der Waals surface area (Å²) >= 11 is 7.53. The van der Waals surface area contributed by atoms with Crippen LogP contribution >= 0.6 is 22.9 Å². The Morgan fingerprint density at radius 3 is 2.29 bits per heavy atom. The molecule has 0 aliphatic carbocycles. The van der Waals surface area contributed by atoms with E-state index < -0.39 is 33.5 Å². The second-order valence-electron chi connectivity index (χ2n) is 10.3. The van der Waals surface area contributed by atoms with E-state index in [4.69, 9.17) is 16.3 Å². The number of ether oxygens (including phenoxy) is 2. The van der Waals surface area contributed by atoms with Crippen molar-refractivity contribution in [3.8, 4) is 11.5 Å². The highest BCUT2D eigenvalue weighted by atomic mass is 35.5. The van der Waals surface area contributed by atoms with Crippen molar-refractivity contribution in [1.82, 2.24) is 4.98 Å². The summed E-state index contributed by atoms with van der Waals surface area (Å²) in [4.78, 5) is 17.4. The summed E-state index contributed by atoms with van der Waals surface area (Å²) in [6.07, 6.45) is -4.15. The summed E-state index contributed by atoms with van der Waals surface area (Å²) in [5, 5.41) is 3.20. The SMILES string of the molecule is CC(C)Oc1cc(OC(F)(F)F)cc(C(C)(C)c2cc(Cl)cc(NC(=O)c3nc4cc(NS(C)(=O)=O)ccc4s3)c2)c1. The van der Waals surface area contributed by atoms with E-state index in [0.29, 0.717) is 32.7 Å². The minimum absolute atomic E-state index is 0.134. The molecule has 4 rings (SSSR count). The number of hydrogen-bond donors (Lipinski definition) is 2. The van der Waals surface area contributed by atoms with Gasteiger partial charge in [-0.2, -0.15) is 0 Å². The van der Waals surface area contributed by atoms with Crippen LogP contribution in [0.5, 0.6) is 11.5 Å². The van der Waals surface area contributed by atoms with E-state index in [2.05, 4.69) is 19.8 Å². The van der Waals surface area contributed by atoms with Crippen molar-refractivity contribution in [2.24, 2.45) is 0 Å². The van der Waals surface area contributed by atoms with Crippen LogP contribution < -0.4 is 19.5 Å². The number of fused-ring (bicyclic) bond motifs is 1. The Kier molecular flexibility index (Phi) is 8.68. The lowest BCUT2D eigenvalue weighted by Crippen LogP contribution is -2.22. The van der Waals surface area contributed by atoms with Gasteiger partial charge in [0.2, 0.25) is 10.0 Å². The standard InChI is InChI=1S/C28H27ClF3N3O5S2/c1-15(2)39-21-10-17(11-22(14-21)40-28(30,31)32)27(3,4)16-8-18(29)12-20(9-16)33-25(36)26-34-23-13-19(35-42(5,37)38)6-7-24(23)41-26/h6-15,35H,1-5H3,(H,33,36). The van der Waals surface area contributed by atoms with Crippen LogP contribution in [0.25, 0.3) is 10.2 Å². The Hall–Kier alpha value is -3.55. The Balaban J connectivity index is 1.64. The molecule has 0 saturated heterocycles. The summed E-state index contributed by atoms with van der Waals surface area (Å²) in [6, 6.07) is 13.7. The molecule has 4 aromatic rings. The molecule has 0 radical (unpaired) electrons. The molecule has 0 unspecified atom stereocenters. The predicted octanol–water partition coefficient (Wildman–Crippen LogP) is 7.59. The van der Waals surface area contributed by atoms with Crippen molar-refractivity contribution >= 4 is 60.5 Å². The summed E-state index contributed by atoms with van der Waals surface area (Å²) < 4.78 is 75.2. The van der Waals surface area contributed by atoms with Crippen molar-refractivity contribution < 1.29 is 35.9 Å². The van der Waals surface area contributed by atoms with Gasteiger partial charge in [-0.1, -0.05) is 25.4 Å². The van der Waals surface area contributed by atoms with E-state index in [1.807, 2.05) is 0 Å². The fraction of sp³-hybridized carbons (Fsp3) is 0.286. The van der Waals surface area contributed by atoms with Crippen molar-refractivity contribution in [3.63, 3.8) is 0 Å². The first-order valence-corrected chi connectivity index (χ1v) is 15.6. The number of hydrogen-bond acceptors (Lipinski definition) is 7. The van der Waals surface area contributed by atoms with Crippen molar-refractivity contribution in [2.45, 2.75) is 45.6 Å². The number of anilines is 2. The van der Waals surface area contributed by atoms with Gasteiger partial charge in [0.1, 0.15) is 11.5 Å². The van der Waals surface area contributed by atoms with Gasteiger partial charge in [-0.3, -0.25) is 9.52 Å². The topological polar surface area (TPSA) is 107 Å². The Bertz CT molecular complexity index is 1760. The second kappa shape index (κ2) is 11.6. The molecule has 1 amide bonds. The third kappa shape index (κ3) is 8.05. The number of rotatable bonds is 9. The predicted molar refractivity (Wildman–Crippen MR) is 159 cm³/mol. The van der Waals surface area contributed by atoms with Crippen molar-refractivity contribution in [1.29, 1.82) is 0 Å². The first-order chi connectivity index (χ1) is 19.4. The molecule has 1 heterocycles. The molecule has 0 aliphatic rings. The van der Waals surface area contributed by atoms with Crippen LogP contribution in [0.3, 0.4) is 0 Å². The number of halogens is 4. The highest BCUT2D eigenvalue weighted by Gasteiger charge is 2.33. The number of amides is 1. The van der Waals surface area contributed by atoms with Crippen LogP contribution in [-0.4, -0.2) is 38.0 Å². The van der Waals surface area contributed by atoms with E-state index in [9.17, 15) is 26.4 Å². The minimum atomic E-state index is -4.89. The van der Waals surface area contributed by atoms with Crippen LogP contribution in [0.15, 0.2) is 54.6 Å². The number of aromatic nitrogens is 1. The number of carbonyl (C=O) groups excluding carboxylic acids is 1. The summed E-state index contributed by atoms with van der Waals surface area (Å²) in [6.45, 7) is 7.10. The van der Waals surface area contributed by atoms with E-state index >= 15 is 0 Å². The lowest BCUT2D eigenvalue weighted by molar-refractivity contribution is -0.274. The highest BCUT2D eigenvalue weighted by Crippen LogP contribution is 2.39. The zero-order valence-corrected chi connectivity index (χ0v) is 25.5. The Morgan fingerprint density at radius 2 is 1.64 bits per heavy atom. The number of alkyl halides is 3. The normalized spacial score (nSPS) is 12.4. The molecule has 0 aliphatic heterocycles. The molecule has 0 bridgehead atoms. The maximum Gasteiger partial charge on any atom is 0.573 e. The maximum atomic E-state index is 13.1. The zero-order chi connectivity index (χ0) is 31.0. The first-order valence-electron chi connectivity index (χ1n) is 12.5. The van der Waals surface area contributed by atoms with Gasteiger partial charge < -0.3 is 14.8 Å². The lowest BCUT2D eigenvalue weighted by Gasteiger charge is -2.28. The quantitative estimate of drug-likeness (QED) is 0.195. The maximum absolute atomic E-state index is 13.1. The molecular weight excluding hydrogens is 615 g/mol. The Labute approximate surface area is 249 Å². The lowest BCUT2D eigenvalue weighted by atomic mass is 9.78. The van der Waals surface area contributed by atoms with Gasteiger partial charge >= 0.3 is 6.36 Å². The van der Waals surface area contributed by atoms with Crippen LogP contribution in [0.2, 0.25) is 5.02 Å². The molecule has 0 spiro atoms. The summed E-state index contributed by atoms with van der Waals surface area (Å²) in [5.41, 5.74) is 1.26. The number of nitrogens with zero attached hydrogens (tertiary/aromatic N) is 1. The first kappa shape index (κ1) is 31.4. The number of benzene rings is 3. The monoisotopic (exact) mass is 641 g/mol. The summed E-state index contributed by atoms with van der Waals surface area (Å²) in [5.74, 6) is -0.742. The second-order valence-corrected chi connectivity index (χ2v) is 13.5. The van der Waals surface area contributed by atoms with Crippen molar-refractivity contribution in [2.75, 3.05) is 16.3 Å². The van der Waals surface area contributed by atoms with Gasteiger partial charge in [0.25, 0.3) is 5.91 Å². The van der Waals surface area contributed by atoms with E-state index in [-0.39, 0.29) is 21.9 Å². The number of carbonyl (C=O) groups is 1. The fourth-order valence-corrected chi connectivity index (χ4v) is 5.77. The number of nitrogens with one attached hydrogen (secondary N) is 2. The van der Waals surface area contributed by atoms with Crippen LogP contribution in [0.4, 0.5) is 24.5 Å². The molecule has 0 fully saturated rings. The molecule has 2 N–H and O–H groups in total. The fourth-order valence-electron chi connectivity index (χ4n) is 4.14. The van der Waals surface area contributed by atoms with Gasteiger partial charge in [-0.05, 0) is 73.5 Å². The molecule has 8 nitrogen and oxygen atoms in total. The van der Waals surface area contributed by atoms with E-state index in [1.165, 1.54) is 24.3 Å². The third-order valence-electron chi connectivity index (χ3n) is 5.97.